The molecule has 0 radical (unpaired) electrons. The Balaban J connectivity index is 1.57. The van der Waals surface area contributed by atoms with Crippen molar-refractivity contribution in [2.75, 3.05) is 19.0 Å². The zero-order valence-corrected chi connectivity index (χ0v) is 18.0. The highest BCUT2D eigenvalue weighted by atomic mass is 19.1. The van der Waals surface area contributed by atoms with Crippen LogP contribution in [0.25, 0.3) is 22.2 Å². The van der Waals surface area contributed by atoms with Gasteiger partial charge in [0.05, 0.1) is 24.5 Å². The van der Waals surface area contributed by atoms with Gasteiger partial charge >= 0.3 is 5.97 Å². The van der Waals surface area contributed by atoms with Crippen molar-refractivity contribution in [3.05, 3.63) is 77.8 Å². The highest BCUT2D eigenvalue weighted by Gasteiger charge is 2.20. The summed E-state index contributed by atoms with van der Waals surface area (Å²) in [5, 5.41) is 3.75. The zero-order chi connectivity index (χ0) is 22.7. The van der Waals surface area contributed by atoms with Gasteiger partial charge in [-0.2, -0.15) is 0 Å². The maximum Gasteiger partial charge on any atom is 0.341 e. The van der Waals surface area contributed by atoms with Crippen LogP contribution in [0, 0.1) is 12.7 Å². The van der Waals surface area contributed by atoms with Crippen molar-refractivity contribution in [3.63, 3.8) is 0 Å². The Labute approximate surface area is 184 Å². The molecule has 162 valence electrons. The second-order valence-corrected chi connectivity index (χ2v) is 7.47. The highest BCUT2D eigenvalue weighted by Crippen LogP contribution is 2.28. The number of rotatable bonds is 6. The van der Waals surface area contributed by atoms with E-state index in [2.05, 4.69) is 25.3 Å². The first-order valence-electron chi connectivity index (χ1n) is 10.1. The van der Waals surface area contributed by atoms with Crippen LogP contribution in [0.5, 0.6) is 0 Å². The van der Waals surface area contributed by atoms with Crippen molar-refractivity contribution in [2.24, 2.45) is 0 Å². The Morgan fingerprint density at radius 3 is 2.72 bits per heavy atom. The average molecular weight is 431 g/mol. The molecule has 0 aliphatic rings. The summed E-state index contributed by atoms with van der Waals surface area (Å²) < 4.78 is 19.0. The van der Waals surface area contributed by atoms with E-state index in [9.17, 15) is 9.18 Å². The van der Waals surface area contributed by atoms with Crippen molar-refractivity contribution < 1.29 is 13.9 Å². The van der Waals surface area contributed by atoms with Gasteiger partial charge in [-0.3, -0.25) is 9.97 Å². The number of methoxy groups -OCH3 is 1. The second kappa shape index (κ2) is 9.05. The summed E-state index contributed by atoms with van der Waals surface area (Å²) in [4.78, 5) is 29.3. The third-order valence-corrected chi connectivity index (χ3v) is 5.27. The molecule has 1 atom stereocenters. The Bertz CT molecular complexity index is 1280. The quantitative estimate of drug-likeness (QED) is 0.448. The van der Waals surface area contributed by atoms with Gasteiger partial charge in [-0.25, -0.2) is 19.2 Å². The van der Waals surface area contributed by atoms with Crippen molar-refractivity contribution in [1.29, 1.82) is 0 Å². The molecule has 7 nitrogen and oxygen atoms in total. The Kier molecular flexibility index (Phi) is 6.02. The van der Waals surface area contributed by atoms with E-state index < -0.39 is 11.8 Å². The summed E-state index contributed by atoms with van der Waals surface area (Å²) in [7, 11) is 1.23. The van der Waals surface area contributed by atoms with E-state index in [1.807, 2.05) is 38.1 Å². The molecular formula is C24H22FN5O2. The van der Waals surface area contributed by atoms with Gasteiger partial charge in [0.25, 0.3) is 0 Å². The number of anilines is 1. The third-order valence-electron chi connectivity index (χ3n) is 5.27. The molecule has 3 heterocycles. The highest BCUT2D eigenvalue weighted by molar-refractivity contribution is 6.04. The first kappa shape index (κ1) is 21.3. The van der Waals surface area contributed by atoms with Crippen LogP contribution >= 0.6 is 0 Å². The lowest BCUT2D eigenvalue weighted by molar-refractivity contribution is 0.0598. The van der Waals surface area contributed by atoms with Gasteiger partial charge in [-0.05, 0) is 24.6 Å². The number of carbonyl (C=O) groups excluding carboxylic acids is 1. The number of aromatic nitrogens is 4. The molecule has 1 aromatic carbocycles. The molecule has 1 N–H and O–H groups in total. The summed E-state index contributed by atoms with van der Waals surface area (Å²) in [6.45, 7) is 4.51. The number of hydrogen-bond donors (Lipinski definition) is 1. The van der Waals surface area contributed by atoms with Crippen LogP contribution in [-0.2, 0) is 4.74 Å². The summed E-state index contributed by atoms with van der Waals surface area (Å²) in [6, 6.07) is 11.2. The number of pyridine rings is 2. The van der Waals surface area contributed by atoms with Gasteiger partial charge in [0.2, 0.25) is 0 Å². The van der Waals surface area contributed by atoms with Crippen LogP contribution < -0.4 is 5.32 Å². The first-order chi connectivity index (χ1) is 15.5. The number of aryl methyl sites for hydroxylation is 1. The Morgan fingerprint density at radius 1 is 1.12 bits per heavy atom. The molecule has 0 saturated heterocycles. The van der Waals surface area contributed by atoms with Gasteiger partial charge in [0.1, 0.15) is 17.7 Å². The molecule has 0 aliphatic carbocycles. The maximum absolute atomic E-state index is 14.3. The fourth-order valence-corrected chi connectivity index (χ4v) is 3.53. The largest absolute Gasteiger partial charge is 0.465 e. The van der Waals surface area contributed by atoms with Gasteiger partial charge < -0.3 is 10.1 Å². The molecule has 0 aliphatic heterocycles. The molecule has 0 bridgehead atoms. The number of benzene rings is 1. The number of ether oxygens (including phenoxy) is 1. The lowest BCUT2D eigenvalue weighted by atomic mass is 9.96. The summed E-state index contributed by atoms with van der Waals surface area (Å²) >= 11 is 0. The van der Waals surface area contributed by atoms with E-state index in [0.29, 0.717) is 23.3 Å². The minimum atomic E-state index is -0.725. The lowest BCUT2D eigenvalue weighted by Crippen LogP contribution is -2.13. The number of fused-ring (bicyclic) bond motifs is 1. The average Bonchev–Trinajstić information content (AvgIpc) is 2.82. The van der Waals surface area contributed by atoms with Crippen molar-refractivity contribution in [1.82, 2.24) is 19.9 Å². The van der Waals surface area contributed by atoms with E-state index in [-0.39, 0.29) is 11.5 Å². The van der Waals surface area contributed by atoms with Crippen molar-refractivity contribution in [2.45, 2.75) is 19.8 Å². The molecule has 3 aromatic heterocycles. The lowest BCUT2D eigenvalue weighted by Gasteiger charge is -2.16. The van der Waals surface area contributed by atoms with Crippen molar-refractivity contribution in [3.8, 4) is 11.3 Å². The smallest absolute Gasteiger partial charge is 0.341 e. The molecule has 0 spiro atoms. The fourth-order valence-electron chi connectivity index (χ4n) is 3.53. The fraction of sp³-hybridized carbons (Fsp3) is 0.208. The van der Waals surface area contributed by atoms with E-state index in [0.717, 1.165) is 28.7 Å². The predicted molar refractivity (Wildman–Crippen MR) is 120 cm³/mol. The summed E-state index contributed by atoms with van der Waals surface area (Å²) in [5.74, 6) is -0.748. The summed E-state index contributed by atoms with van der Waals surface area (Å²) in [6.07, 6.45) is 4.35. The molecule has 8 heteroatoms. The SMILES string of the molecule is COC(=O)c1c(F)cnc2c([C@H](C)CNc3cc(-c4ccc(C)nc4)ncn3)cccc12. The number of para-hydroxylation sites is 1. The van der Waals surface area contributed by atoms with E-state index in [1.165, 1.54) is 13.4 Å². The van der Waals surface area contributed by atoms with E-state index in [1.54, 1.807) is 18.3 Å². The molecule has 32 heavy (non-hydrogen) atoms. The summed E-state index contributed by atoms with van der Waals surface area (Å²) in [5.41, 5.74) is 3.97. The number of esters is 1. The topological polar surface area (TPSA) is 89.9 Å². The maximum atomic E-state index is 14.3. The van der Waals surface area contributed by atoms with Gasteiger partial charge in [-0.15, -0.1) is 0 Å². The minimum absolute atomic E-state index is 0.00150. The number of nitrogens with one attached hydrogen (secondary N) is 1. The molecule has 4 aromatic rings. The second-order valence-electron chi connectivity index (χ2n) is 7.47. The van der Waals surface area contributed by atoms with Crippen LogP contribution in [-0.4, -0.2) is 39.6 Å². The van der Waals surface area contributed by atoms with Gasteiger partial charge in [-0.1, -0.05) is 25.1 Å². The van der Waals surface area contributed by atoms with Crippen LogP contribution in [0.3, 0.4) is 0 Å². The predicted octanol–water partition coefficient (Wildman–Crippen LogP) is 4.54. The molecule has 0 amide bonds. The van der Waals surface area contributed by atoms with Crippen molar-refractivity contribution >= 4 is 22.7 Å². The standard InChI is InChI=1S/C24H22FN5O2/c1-14(10-27-21-9-20(29-13-30-21)16-8-7-15(2)26-11-16)17-5-4-6-18-22(24(31)32-3)19(25)12-28-23(17)18/h4-9,11-14H,10H2,1-3H3,(H,27,29,30)/t14-/m1/s1. The third kappa shape index (κ3) is 4.25. The monoisotopic (exact) mass is 431 g/mol. The number of halogens is 1. The van der Waals surface area contributed by atoms with Gasteiger partial charge in [0.15, 0.2) is 5.82 Å². The molecular weight excluding hydrogens is 409 g/mol. The molecule has 0 fully saturated rings. The van der Waals surface area contributed by atoms with Crippen LogP contribution in [0.2, 0.25) is 0 Å². The van der Waals surface area contributed by atoms with Crippen LogP contribution in [0.15, 0.2) is 55.1 Å². The minimum Gasteiger partial charge on any atom is -0.465 e. The molecule has 0 unspecified atom stereocenters. The Morgan fingerprint density at radius 2 is 1.97 bits per heavy atom. The number of hydrogen-bond acceptors (Lipinski definition) is 7. The zero-order valence-electron chi connectivity index (χ0n) is 18.0. The van der Waals surface area contributed by atoms with E-state index in [4.69, 9.17) is 4.74 Å². The first-order valence-corrected chi connectivity index (χ1v) is 10.1. The van der Waals surface area contributed by atoms with Gasteiger partial charge in [0, 0.05) is 41.4 Å². The van der Waals surface area contributed by atoms with Crippen LogP contribution in [0.1, 0.15) is 34.5 Å². The van der Waals surface area contributed by atoms with E-state index >= 15 is 0 Å². The van der Waals surface area contributed by atoms with Crippen LogP contribution in [0.4, 0.5) is 10.2 Å². The molecule has 0 saturated carbocycles. The Hall–Kier alpha value is -3.94. The molecule has 4 rings (SSSR count). The number of carbonyl (C=O) groups is 1. The normalized spacial score (nSPS) is 11.9. The number of nitrogens with zero attached hydrogens (tertiary/aromatic N) is 4.